The summed E-state index contributed by atoms with van der Waals surface area (Å²) >= 11 is 0. The predicted molar refractivity (Wildman–Crippen MR) is 75.8 cm³/mol. The van der Waals surface area contributed by atoms with Gasteiger partial charge in [-0.05, 0) is 31.6 Å². The van der Waals surface area contributed by atoms with Crippen LogP contribution in [0.25, 0.3) is 0 Å². The van der Waals surface area contributed by atoms with Gasteiger partial charge in [-0.2, -0.15) is 0 Å². The minimum Gasteiger partial charge on any atom is -0.480 e. The first-order chi connectivity index (χ1) is 9.52. The summed E-state index contributed by atoms with van der Waals surface area (Å²) < 4.78 is 11.2. The van der Waals surface area contributed by atoms with Crippen LogP contribution in [-0.4, -0.2) is 48.6 Å². The fraction of sp³-hybridized carbons (Fsp3) is 0.933. The van der Waals surface area contributed by atoms with Gasteiger partial charge in [-0.25, -0.2) is 0 Å². The smallest absolute Gasteiger partial charge is 0.324 e. The second kappa shape index (κ2) is 6.87. The number of hydrogen-bond donors (Lipinski definition) is 2. The summed E-state index contributed by atoms with van der Waals surface area (Å²) in [4.78, 5) is 11.5. The van der Waals surface area contributed by atoms with Crippen LogP contribution in [0.5, 0.6) is 0 Å². The molecule has 2 N–H and O–H groups in total. The van der Waals surface area contributed by atoms with Crippen molar-refractivity contribution in [2.45, 2.75) is 63.6 Å². The number of carbonyl (C=O) groups is 1. The summed E-state index contributed by atoms with van der Waals surface area (Å²) in [6.45, 7) is 6.11. The van der Waals surface area contributed by atoms with Crippen LogP contribution in [0.4, 0.5) is 0 Å². The molecule has 0 spiro atoms. The quantitative estimate of drug-likeness (QED) is 0.632. The Hall–Kier alpha value is -0.650. The minimum absolute atomic E-state index is 0.0417. The molecule has 0 heterocycles. The van der Waals surface area contributed by atoms with Gasteiger partial charge < -0.3 is 14.6 Å². The van der Waals surface area contributed by atoms with E-state index in [9.17, 15) is 9.90 Å². The average molecular weight is 285 g/mol. The molecule has 0 aromatic carbocycles. The average Bonchev–Trinajstić information content (AvgIpc) is 3.08. The molecule has 2 atom stereocenters. The molecule has 2 aliphatic rings. The molecule has 0 aromatic heterocycles. The predicted octanol–water partition coefficient (Wildman–Crippen LogP) is 1.80. The van der Waals surface area contributed by atoms with Crippen molar-refractivity contribution in [1.82, 2.24) is 5.32 Å². The molecule has 0 amide bonds. The van der Waals surface area contributed by atoms with Crippen molar-refractivity contribution < 1.29 is 19.4 Å². The molecule has 0 saturated heterocycles. The van der Waals surface area contributed by atoms with E-state index >= 15 is 0 Å². The third-order valence-corrected chi connectivity index (χ3v) is 3.97. The zero-order valence-corrected chi connectivity index (χ0v) is 12.6. The second-order valence-electron chi connectivity index (χ2n) is 6.51. The summed E-state index contributed by atoms with van der Waals surface area (Å²) in [7, 11) is 0. The first kappa shape index (κ1) is 15.7. The van der Waals surface area contributed by atoms with Gasteiger partial charge in [-0.1, -0.05) is 13.8 Å². The highest BCUT2D eigenvalue weighted by atomic mass is 16.5. The first-order valence-corrected chi connectivity index (χ1v) is 7.72. The summed E-state index contributed by atoms with van der Waals surface area (Å²) in [5.74, 6) is -0.199. The van der Waals surface area contributed by atoms with Gasteiger partial charge in [-0.15, -0.1) is 0 Å². The van der Waals surface area contributed by atoms with Gasteiger partial charge >= 0.3 is 5.97 Å². The number of hydrogen-bond acceptors (Lipinski definition) is 4. The molecule has 0 aromatic rings. The maximum Gasteiger partial charge on any atom is 0.324 e. The van der Waals surface area contributed by atoms with E-state index in [1.807, 2.05) is 0 Å². The zero-order valence-electron chi connectivity index (χ0n) is 12.6. The lowest BCUT2D eigenvalue weighted by molar-refractivity contribution is -0.145. The Bertz CT molecular complexity index is 330. The standard InChI is InChI=1S/C15H27NO4/c1-11(2)10-19-7-8-20-13-5-6-15(9-13,14(17)18)16-12-3-4-12/h11-13,16H,3-10H2,1-2H3,(H,17,18). The highest BCUT2D eigenvalue weighted by molar-refractivity contribution is 5.79. The van der Waals surface area contributed by atoms with E-state index < -0.39 is 11.5 Å². The molecule has 116 valence electrons. The summed E-state index contributed by atoms with van der Waals surface area (Å²) in [6, 6.07) is 0.402. The fourth-order valence-electron chi connectivity index (χ4n) is 2.74. The van der Waals surface area contributed by atoms with Gasteiger partial charge in [0.15, 0.2) is 0 Å². The minimum atomic E-state index is -0.759. The third-order valence-electron chi connectivity index (χ3n) is 3.97. The molecule has 2 fully saturated rings. The van der Waals surface area contributed by atoms with Crippen LogP contribution >= 0.6 is 0 Å². The fourth-order valence-corrected chi connectivity index (χ4v) is 2.74. The second-order valence-corrected chi connectivity index (χ2v) is 6.51. The third kappa shape index (κ3) is 4.43. The summed E-state index contributed by atoms with van der Waals surface area (Å²) in [5, 5.41) is 12.8. The lowest BCUT2D eigenvalue weighted by atomic mass is 9.97. The SMILES string of the molecule is CC(C)COCCOC1CCC(NC2CC2)(C(=O)O)C1. The van der Waals surface area contributed by atoms with Crippen LogP contribution in [0.2, 0.25) is 0 Å². The molecule has 0 radical (unpaired) electrons. The molecule has 0 aliphatic heterocycles. The molecule has 2 rings (SSSR count). The number of carboxylic acid groups (broad SMARTS) is 1. The van der Waals surface area contributed by atoms with Crippen molar-refractivity contribution in [1.29, 1.82) is 0 Å². The van der Waals surface area contributed by atoms with Crippen LogP contribution in [-0.2, 0) is 14.3 Å². The molecule has 2 aliphatic carbocycles. The van der Waals surface area contributed by atoms with E-state index in [4.69, 9.17) is 9.47 Å². The lowest BCUT2D eigenvalue weighted by Gasteiger charge is -2.26. The Balaban J connectivity index is 1.68. The van der Waals surface area contributed by atoms with Gasteiger partial charge in [-0.3, -0.25) is 10.1 Å². The Morgan fingerprint density at radius 2 is 2.10 bits per heavy atom. The van der Waals surface area contributed by atoms with Crippen LogP contribution in [0.3, 0.4) is 0 Å². The Kier molecular flexibility index (Phi) is 5.41. The molecule has 2 unspecified atom stereocenters. The van der Waals surface area contributed by atoms with Gasteiger partial charge in [0, 0.05) is 19.1 Å². The van der Waals surface area contributed by atoms with E-state index in [1.165, 1.54) is 0 Å². The highest BCUT2D eigenvalue weighted by Crippen LogP contribution is 2.35. The van der Waals surface area contributed by atoms with Crippen LogP contribution in [0, 0.1) is 5.92 Å². The van der Waals surface area contributed by atoms with E-state index in [0.29, 0.717) is 38.0 Å². The van der Waals surface area contributed by atoms with Crippen molar-refractivity contribution in [2.75, 3.05) is 19.8 Å². The molecule has 5 heteroatoms. The number of ether oxygens (including phenoxy) is 2. The van der Waals surface area contributed by atoms with E-state index in [-0.39, 0.29) is 6.10 Å². The Morgan fingerprint density at radius 3 is 2.70 bits per heavy atom. The Morgan fingerprint density at radius 1 is 1.35 bits per heavy atom. The van der Waals surface area contributed by atoms with Crippen molar-refractivity contribution >= 4 is 5.97 Å². The van der Waals surface area contributed by atoms with Gasteiger partial charge in [0.1, 0.15) is 5.54 Å². The van der Waals surface area contributed by atoms with Crippen LogP contribution in [0.1, 0.15) is 46.0 Å². The van der Waals surface area contributed by atoms with Crippen molar-refractivity contribution in [3.63, 3.8) is 0 Å². The maximum absolute atomic E-state index is 11.5. The van der Waals surface area contributed by atoms with Gasteiger partial charge in [0.25, 0.3) is 0 Å². The van der Waals surface area contributed by atoms with Crippen LogP contribution in [0.15, 0.2) is 0 Å². The monoisotopic (exact) mass is 285 g/mol. The molecular formula is C15H27NO4. The van der Waals surface area contributed by atoms with Crippen molar-refractivity contribution in [3.8, 4) is 0 Å². The molecule has 2 saturated carbocycles. The molecule has 5 nitrogen and oxygen atoms in total. The molecule has 20 heavy (non-hydrogen) atoms. The number of nitrogens with one attached hydrogen (secondary N) is 1. The van der Waals surface area contributed by atoms with Gasteiger partial charge in [0.05, 0.1) is 19.3 Å². The normalized spacial score (nSPS) is 30.1. The first-order valence-electron chi connectivity index (χ1n) is 7.72. The maximum atomic E-state index is 11.5. The number of aliphatic carboxylic acids is 1. The zero-order chi connectivity index (χ0) is 14.6. The van der Waals surface area contributed by atoms with E-state index in [0.717, 1.165) is 25.9 Å². The van der Waals surface area contributed by atoms with E-state index in [2.05, 4.69) is 19.2 Å². The van der Waals surface area contributed by atoms with Crippen molar-refractivity contribution in [3.05, 3.63) is 0 Å². The largest absolute Gasteiger partial charge is 0.480 e. The Labute approximate surface area is 121 Å². The lowest BCUT2D eigenvalue weighted by Crippen LogP contribution is -2.51. The van der Waals surface area contributed by atoms with E-state index in [1.54, 1.807) is 0 Å². The van der Waals surface area contributed by atoms with Gasteiger partial charge in [0.2, 0.25) is 0 Å². The molecular weight excluding hydrogens is 258 g/mol. The van der Waals surface area contributed by atoms with Crippen LogP contribution < -0.4 is 5.32 Å². The van der Waals surface area contributed by atoms with Crippen molar-refractivity contribution in [2.24, 2.45) is 5.92 Å². The number of rotatable bonds is 9. The summed E-state index contributed by atoms with van der Waals surface area (Å²) in [5.41, 5.74) is -0.759. The highest BCUT2D eigenvalue weighted by Gasteiger charge is 2.48. The molecule has 0 bridgehead atoms. The summed E-state index contributed by atoms with van der Waals surface area (Å²) in [6.07, 6.45) is 4.29. The topological polar surface area (TPSA) is 67.8 Å². The number of carboxylic acids is 1.